The van der Waals surface area contributed by atoms with Crippen molar-refractivity contribution in [3.63, 3.8) is 0 Å². The van der Waals surface area contributed by atoms with Crippen LogP contribution in [0.25, 0.3) is 0 Å². The number of hydrogen-bond acceptors (Lipinski definition) is 5. The van der Waals surface area contributed by atoms with Crippen LogP contribution in [0.15, 0.2) is 53.4 Å². The van der Waals surface area contributed by atoms with E-state index in [0.717, 1.165) is 25.2 Å². The average Bonchev–Trinajstić information content (AvgIpc) is 2.62. The molecule has 2 aromatic carbocycles. The molecule has 0 amide bonds. The highest BCUT2D eigenvalue weighted by atomic mass is 35.5. The summed E-state index contributed by atoms with van der Waals surface area (Å²) in [4.78, 5) is 2.55. The van der Waals surface area contributed by atoms with Crippen LogP contribution in [0.1, 0.15) is 11.6 Å². The second-order valence-corrected chi connectivity index (χ2v) is 8.42. The minimum atomic E-state index is -3.20. The Morgan fingerprint density at radius 3 is 2.63 bits per heavy atom. The molecule has 1 unspecified atom stereocenters. The Morgan fingerprint density at radius 1 is 1.22 bits per heavy atom. The van der Waals surface area contributed by atoms with Crippen LogP contribution < -0.4 is 10.1 Å². The van der Waals surface area contributed by atoms with E-state index in [2.05, 4.69) is 10.2 Å². The minimum Gasteiger partial charge on any atom is -0.492 e. The third kappa shape index (κ3) is 5.90. The molecular weight excluding hydrogens is 391 g/mol. The first kappa shape index (κ1) is 21.6. The zero-order valence-corrected chi connectivity index (χ0v) is 16.7. The highest BCUT2D eigenvalue weighted by Gasteiger charge is 2.23. The van der Waals surface area contributed by atoms with Crippen molar-refractivity contribution in [1.82, 2.24) is 10.2 Å². The van der Waals surface area contributed by atoms with E-state index in [-0.39, 0.29) is 29.2 Å². The predicted molar refractivity (Wildman–Crippen MR) is 106 cm³/mol. The quantitative estimate of drug-likeness (QED) is 0.787. The van der Waals surface area contributed by atoms with Crippen LogP contribution in [0.4, 0.5) is 4.39 Å². The number of nitrogens with one attached hydrogen (secondary N) is 1. The molecule has 1 N–H and O–H groups in total. The molecule has 0 radical (unpaired) electrons. The van der Waals surface area contributed by atoms with Crippen LogP contribution in [0, 0.1) is 5.82 Å². The number of rotatable bonds is 6. The summed E-state index contributed by atoms with van der Waals surface area (Å²) in [6.45, 7) is 3.69. The molecule has 1 heterocycles. The van der Waals surface area contributed by atoms with Crippen LogP contribution >= 0.6 is 12.4 Å². The van der Waals surface area contributed by atoms with Gasteiger partial charge in [-0.05, 0) is 42.0 Å². The van der Waals surface area contributed by atoms with Gasteiger partial charge in [0.2, 0.25) is 0 Å². The Balaban J connectivity index is 0.00000261. The summed E-state index contributed by atoms with van der Waals surface area (Å²) in [5.41, 5.74) is 0.953. The topological polar surface area (TPSA) is 58.6 Å². The third-order valence-corrected chi connectivity index (χ3v) is 5.62. The summed E-state index contributed by atoms with van der Waals surface area (Å²) < 4.78 is 42.2. The monoisotopic (exact) mass is 414 g/mol. The zero-order chi connectivity index (χ0) is 18.6. The molecule has 1 aliphatic heterocycles. The highest BCUT2D eigenvalue weighted by Crippen LogP contribution is 2.23. The fourth-order valence-electron chi connectivity index (χ4n) is 3.12. The van der Waals surface area contributed by atoms with E-state index in [1.54, 1.807) is 36.4 Å². The summed E-state index contributed by atoms with van der Waals surface area (Å²) in [5.74, 6) is 0.407. The van der Waals surface area contributed by atoms with Gasteiger partial charge in [0, 0.05) is 38.5 Å². The molecule has 0 saturated carbocycles. The van der Waals surface area contributed by atoms with Crippen molar-refractivity contribution in [2.45, 2.75) is 10.9 Å². The average molecular weight is 415 g/mol. The van der Waals surface area contributed by atoms with Gasteiger partial charge in [0.05, 0.1) is 4.90 Å². The van der Waals surface area contributed by atoms with E-state index >= 15 is 0 Å². The molecule has 1 fully saturated rings. The van der Waals surface area contributed by atoms with Crippen LogP contribution in [0.2, 0.25) is 0 Å². The standard InChI is InChI=1S/C19H23FN2O3S.ClH/c1-26(23,24)18-7-5-17(6-8-18)25-12-11-22-10-9-21-14-19(22)15-3-2-4-16(20)13-15;/h2-8,13,19,21H,9-12,14H2,1H3;1H. The number of halogens is 2. The number of nitrogens with zero attached hydrogens (tertiary/aromatic N) is 1. The van der Waals surface area contributed by atoms with Crippen molar-refractivity contribution in [2.24, 2.45) is 0 Å². The van der Waals surface area contributed by atoms with Crippen LogP contribution in [0.5, 0.6) is 5.75 Å². The number of piperazine rings is 1. The predicted octanol–water partition coefficient (Wildman–Crippen LogP) is 2.68. The van der Waals surface area contributed by atoms with Crippen molar-refractivity contribution < 1.29 is 17.5 Å². The maximum absolute atomic E-state index is 13.5. The number of hydrogen-bond donors (Lipinski definition) is 1. The SMILES string of the molecule is CS(=O)(=O)c1ccc(OCCN2CCNCC2c2cccc(F)c2)cc1.Cl. The molecule has 27 heavy (non-hydrogen) atoms. The van der Waals surface area contributed by atoms with Gasteiger partial charge < -0.3 is 10.1 Å². The zero-order valence-electron chi connectivity index (χ0n) is 15.1. The van der Waals surface area contributed by atoms with Crippen molar-refractivity contribution in [1.29, 1.82) is 0 Å². The molecule has 0 aliphatic carbocycles. The normalized spacial score (nSPS) is 17.9. The van der Waals surface area contributed by atoms with Crippen molar-refractivity contribution in [3.05, 3.63) is 59.9 Å². The van der Waals surface area contributed by atoms with Gasteiger partial charge in [-0.25, -0.2) is 12.8 Å². The van der Waals surface area contributed by atoms with Crippen LogP contribution in [0.3, 0.4) is 0 Å². The smallest absolute Gasteiger partial charge is 0.175 e. The maximum Gasteiger partial charge on any atom is 0.175 e. The molecule has 1 atom stereocenters. The first-order valence-corrected chi connectivity index (χ1v) is 10.5. The van der Waals surface area contributed by atoms with Gasteiger partial charge in [0.25, 0.3) is 0 Å². The molecule has 0 aromatic heterocycles. The van der Waals surface area contributed by atoms with E-state index in [9.17, 15) is 12.8 Å². The van der Waals surface area contributed by atoms with Crippen molar-refractivity contribution in [2.75, 3.05) is 39.0 Å². The molecule has 1 saturated heterocycles. The minimum absolute atomic E-state index is 0. The van der Waals surface area contributed by atoms with Crippen LogP contribution in [-0.4, -0.2) is 52.4 Å². The van der Waals surface area contributed by atoms with E-state index in [4.69, 9.17) is 4.74 Å². The van der Waals surface area contributed by atoms with Gasteiger partial charge in [-0.3, -0.25) is 4.90 Å². The summed E-state index contributed by atoms with van der Waals surface area (Å²) >= 11 is 0. The van der Waals surface area contributed by atoms with E-state index in [1.165, 1.54) is 12.3 Å². The molecule has 0 bridgehead atoms. The Morgan fingerprint density at radius 2 is 1.96 bits per heavy atom. The first-order chi connectivity index (χ1) is 12.4. The Labute approximate surface area is 165 Å². The van der Waals surface area contributed by atoms with Crippen molar-refractivity contribution >= 4 is 22.2 Å². The second kappa shape index (κ2) is 9.50. The molecule has 3 rings (SSSR count). The van der Waals surface area contributed by atoms with Gasteiger partial charge in [-0.1, -0.05) is 12.1 Å². The molecule has 5 nitrogen and oxygen atoms in total. The Hall–Kier alpha value is -1.67. The van der Waals surface area contributed by atoms with Crippen molar-refractivity contribution in [3.8, 4) is 5.75 Å². The van der Waals surface area contributed by atoms with E-state index in [0.29, 0.717) is 18.9 Å². The summed E-state index contributed by atoms with van der Waals surface area (Å²) in [6.07, 6.45) is 1.18. The molecule has 1 aliphatic rings. The Bertz CT molecular complexity index is 846. The maximum atomic E-state index is 13.5. The lowest BCUT2D eigenvalue weighted by atomic mass is 10.0. The number of benzene rings is 2. The number of sulfone groups is 1. The molecule has 2 aromatic rings. The third-order valence-electron chi connectivity index (χ3n) is 4.49. The Kier molecular flexibility index (Phi) is 7.61. The van der Waals surface area contributed by atoms with E-state index < -0.39 is 9.84 Å². The lowest BCUT2D eigenvalue weighted by Gasteiger charge is -2.36. The molecule has 8 heteroatoms. The van der Waals surface area contributed by atoms with Gasteiger partial charge in [-0.15, -0.1) is 12.4 Å². The molecule has 148 valence electrons. The van der Waals surface area contributed by atoms with Gasteiger partial charge >= 0.3 is 0 Å². The van der Waals surface area contributed by atoms with E-state index in [1.807, 2.05) is 6.07 Å². The lowest BCUT2D eigenvalue weighted by molar-refractivity contribution is 0.134. The molecular formula is C19H24ClFN2O3S. The lowest BCUT2D eigenvalue weighted by Crippen LogP contribution is -2.47. The summed E-state index contributed by atoms with van der Waals surface area (Å²) in [7, 11) is -3.20. The second-order valence-electron chi connectivity index (χ2n) is 6.40. The molecule has 0 spiro atoms. The highest BCUT2D eigenvalue weighted by molar-refractivity contribution is 7.90. The van der Waals surface area contributed by atoms with Crippen LogP contribution in [-0.2, 0) is 9.84 Å². The van der Waals surface area contributed by atoms with Gasteiger partial charge in [-0.2, -0.15) is 0 Å². The summed E-state index contributed by atoms with van der Waals surface area (Å²) in [6, 6.07) is 13.2. The first-order valence-electron chi connectivity index (χ1n) is 8.56. The number of ether oxygens (including phenoxy) is 1. The van der Waals surface area contributed by atoms with Gasteiger partial charge in [0.15, 0.2) is 9.84 Å². The summed E-state index contributed by atoms with van der Waals surface area (Å²) in [5, 5.41) is 3.35. The fourth-order valence-corrected chi connectivity index (χ4v) is 3.75. The van der Waals surface area contributed by atoms with Gasteiger partial charge in [0.1, 0.15) is 18.2 Å². The largest absolute Gasteiger partial charge is 0.492 e. The fraction of sp³-hybridized carbons (Fsp3) is 0.368.